The van der Waals surface area contributed by atoms with Gasteiger partial charge in [0.25, 0.3) is 0 Å². The molecule has 0 bridgehead atoms. The van der Waals surface area contributed by atoms with Gasteiger partial charge in [-0.1, -0.05) is 6.42 Å². The van der Waals surface area contributed by atoms with Gasteiger partial charge < -0.3 is 11.1 Å². The van der Waals surface area contributed by atoms with Crippen molar-refractivity contribution in [3.05, 3.63) is 20.8 Å². The number of nitrogens with one attached hydrogen (secondary N) is 1. The van der Waals surface area contributed by atoms with Crippen molar-refractivity contribution in [3.8, 4) is 0 Å². The first-order valence-electron chi connectivity index (χ1n) is 5.38. The van der Waals surface area contributed by atoms with Crippen molar-refractivity contribution in [1.29, 1.82) is 0 Å². The molecule has 15 heavy (non-hydrogen) atoms. The highest BCUT2D eigenvalue weighted by atomic mass is 79.9. The van der Waals surface area contributed by atoms with Crippen molar-refractivity contribution in [1.82, 2.24) is 5.32 Å². The second kappa shape index (κ2) is 4.95. The predicted molar refractivity (Wildman–Crippen MR) is 69.1 cm³/mol. The van der Waals surface area contributed by atoms with Crippen molar-refractivity contribution in [2.75, 3.05) is 13.1 Å². The molecule has 1 aromatic heterocycles. The molecule has 2 nitrogen and oxygen atoms in total. The van der Waals surface area contributed by atoms with Crippen LogP contribution in [0.2, 0.25) is 0 Å². The monoisotopic (exact) mass is 288 g/mol. The first-order chi connectivity index (χ1) is 7.26. The van der Waals surface area contributed by atoms with E-state index in [0.717, 1.165) is 19.6 Å². The Morgan fingerprint density at radius 2 is 2.33 bits per heavy atom. The van der Waals surface area contributed by atoms with Crippen molar-refractivity contribution in [2.45, 2.75) is 25.8 Å². The number of thiophene rings is 1. The standard InChI is InChI=1S/C11H17BrN2S/c12-9-2-5-15-10(9)6-14-8-11(7-13)3-1-4-11/h2,5,14H,1,3-4,6-8,13H2. The number of hydrogen-bond acceptors (Lipinski definition) is 3. The van der Waals surface area contributed by atoms with Crippen LogP contribution in [0.3, 0.4) is 0 Å². The van der Waals surface area contributed by atoms with E-state index in [1.807, 2.05) is 0 Å². The summed E-state index contributed by atoms with van der Waals surface area (Å²) < 4.78 is 1.22. The molecule has 0 aliphatic heterocycles. The van der Waals surface area contributed by atoms with E-state index >= 15 is 0 Å². The smallest absolute Gasteiger partial charge is 0.0327 e. The summed E-state index contributed by atoms with van der Waals surface area (Å²) in [6, 6.07) is 2.10. The highest BCUT2D eigenvalue weighted by Gasteiger charge is 2.34. The molecule has 2 rings (SSSR count). The Kier molecular flexibility index (Phi) is 3.83. The summed E-state index contributed by atoms with van der Waals surface area (Å²) in [6.07, 6.45) is 3.94. The normalized spacial score (nSPS) is 18.8. The van der Waals surface area contributed by atoms with Gasteiger partial charge in [0, 0.05) is 22.4 Å². The fraction of sp³-hybridized carbons (Fsp3) is 0.636. The minimum Gasteiger partial charge on any atom is -0.330 e. The molecule has 0 amide bonds. The van der Waals surface area contributed by atoms with Crippen LogP contribution < -0.4 is 11.1 Å². The minimum absolute atomic E-state index is 0.406. The van der Waals surface area contributed by atoms with Crippen LogP contribution in [0.25, 0.3) is 0 Å². The van der Waals surface area contributed by atoms with E-state index in [4.69, 9.17) is 5.73 Å². The molecule has 0 atom stereocenters. The molecule has 3 N–H and O–H groups in total. The van der Waals surface area contributed by atoms with E-state index in [2.05, 4.69) is 32.7 Å². The second-order valence-corrected chi connectivity index (χ2v) is 6.21. The maximum Gasteiger partial charge on any atom is 0.0327 e. The zero-order valence-corrected chi connectivity index (χ0v) is 11.2. The van der Waals surface area contributed by atoms with E-state index in [0.29, 0.717) is 5.41 Å². The lowest BCUT2D eigenvalue weighted by atomic mass is 9.69. The third-order valence-electron chi connectivity index (χ3n) is 3.32. The van der Waals surface area contributed by atoms with Crippen molar-refractivity contribution >= 4 is 27.3 Å². The van der Waals surface area contributed by atoms with Crippen LogP contribution >= 0.6 is 27.3 Å². The molecule has 0 aromatic carbocycles. The molecular formula is C11H17BrN2S. The van der Waals surface area contributed by atoms with Gasteiger partial charge in [0.15, 0.2) is 0 Å². The van der Waals surface area contributed by atoms with Crippen LogP contribution in [0.15, 0.2) is 15.9 Å². The number of hydrogen-bond donors (Lipinski definition) is 2. The van der Waals surface area contributed by atoms with Gasteiger partial charge in [-0.3, -0.25) is 0 Å². The summed E-state index contributed by atoms with van der Waals surface area (Å²) in [4.78, 5) is 1.38. The molecule has 1 heterocycles. The molecule has 1 aliphatic carbocycles. The van der Waals surface area contributed by atoms with Gasteiger partial charge >= 0.3 is 0 Å². The van der Waals surface area contributed by atoms with Gasteiger partial charge in [0.05, 0.1) is 0 Å². The van der Waals surface area contributed by atoms with Gasteiger partial charge in [-0.05, 0) is 52.2 Å². The fourth-order valence-corrected chi connectivity index (χ4v) is 3.48. The SMILES string of the molecule is NCC1(CNCc2sccc2Br)CCC1. The van der Waals surface area contributed by atoms with E-state index in [1.165, 1.54) is 28.6 Å². The predicted octanol–water partition coefficient (Wildman–Crippen LogP) is 2.73. The van der Waals surface area contributed by atoms with Gasteiger partial charge in [0.1, 0.15) is 0 Å². The van der Waals surface area contributed by atoms with Gasteiger partial charge in [0.2, 0.25) is 0 Å². The van der Waals surface area contributed by atoms with Crippen LogP contribution in [0, 0.1) is 5.41 Å². The first kappa shape index (κ1) is 11.6. The highest BCUT2D eigenvalue weighted by Crippen LogP contribution is 2.39. The molecule has 1 aromatic rings. The van der Waals surface area contributed by atoms with Crippen LogP contribution in [-0.4, -0.2) is 13.1 Å². The molecule has 0 saturated heterocycles. The maximum atomic E-state index is 5.81. The van der Waals surface area contributed by atoms with Crippen LogP contribution in [0.4, 0.5) is 0 Å². The highest BCUT2D eigenvalue weighted by molar-refractivity contribution is 9.10. The molecule has 1 saturated carbocycles. The number of rotatable bonds is 5. The summed E-state index contributed by atoms with van der Waals surface area (Å²) >= 11 is 5.33. The van der Waals surface area contributed by atoms with Gasteiger partial charge in [-0.25, -0.2) is 0 Å². The van der Waals surface area contributed by atoms with Crippen molar-refractivity contribution < 1.29 is 0 Å². The summed E-state index contributed by atoms with van der Waals surface area (Å²) in [5, 5.41) is 5.64. The number of nitrogens with two attached hydrogens (primary N) is 1. The Bertz CT molecular complexity index is 315. The average molecular weight is 289 g/mol. The van der Waals surface area contributed by atoms with Gasteiger partial charge in [-0.2, -0.15) is 0 Å². The van der Waals surface area contributed by atoms with E-state index < -0.39 is 0 Å². The van der Waals surface area contributed by atoms with Gasteiger partial charge in [-0.15, -0.1) is 11.3 Å². The van der Waals surface area contributed by atoms with E-state index in [9.17, 15) is 0 Å². The molecule has 0 unspecified atom stereocenters. The summed E-state index contributed by atoms with van der Waals surface area (Å²) in [5.74, 6) is 0. The minimum atomic E-state index is 0.406. The zero-order valence-electron chi connectivity index (χ0n) is 8.76. The summed E-state index contributed by atoms with van der Waals surface area (Å²) in [7, 11) is 0. The van der Waals surface area contributed by atoms with Crippen LogP contribution in [0.5, 0.6) is 0 Å². The third-order valence-corrected chi connectivity index (χ3v) is 5.25. The van der Waals surface area contributed by atoms with E-state index in [1.54, 1.807) is 11.3 Å². The average Bonchev–Trinajstić information content (AvgIpc) is 2.57. The molecular weight excluding hydrogens is 272 g/mol. The molecule has 84 valence electrons. The molecule has 0 radical (unpaired) electrons. The second-order valence-electron chi connectivity index (χ2n) is 4.35. The Balaban J connectivity index is 1.77. The quantitative estimate of drug-likeness (QED) is 0.874. The lowest BCUT2D eigenvalue weighted by Crippen LogP contribution is -2.45. The molecule has 1 aliphatic rings. The summed E-state index contributed by atoms with van der Waals surface area (Å²) in [5.41, 5.74) is 6.22. The van der Waals surface area contributed by atoms with Crippen LogP contribution in [-0.2, 0) is 6.54 Å². The fourth-order valence-electron chi connectivity index (χ4n) is 2.02. The third kappa shape index (κ3) is 2.61. The Morgan fingerprint density at radius 3 is 2.80 bits per heavy atom. The van der Waals surface area contributed by atoms with Crippen molar-refractivity contribution in [3.63, 3.8) is 0 Å². The number of halogens is 1. The van der Waals surface area contributed by atoms with Crippen molar-refractivity contribution in [2.24, 2.45) is 11.1 Å². The van der Waals surface area contributed by atoms with E-state index in [-0.39, 0.29) is 0 Å². The maximum absolute atomic E-state index is 5.81. The lowest BCUT2D eigenvalue weighted by molar-refractivity contribution is 0.141. The molecule has 1 fully saturated rings. The molecule has 0 spiro atoms. The van der Waals surface area contributed by atoms with Crippen LogP contribution in [0.1, 0.15) is 24.1 Å². The lowest BCUT2D eigenvalue weighted by Gasteiger charge is -2.41. The molecule has 4 heteroatoms. The first-order valence-corrected chi connectivity index (χ1v) is 7.06. The topological polar surface area (TPSA) is 38.0 Å². The Morgan fingerprint density at radius 1 is 1.53 bits per heavy atom. The largest absolute Gasteiger partial charge is 0.330 e. The zero-order chi connectivity index (χ0) is 10.7. The Hall–Kier alpha value is 0.100. The Labute approximate surface area is 103 Å². The summed E-state index contributed by atoms with van der Waals surface area (Å²) in [6.45, 7) is 2.85.